The van der Waals surface area contributed by atoms with E-state index in [1.54, 1.807) is 24.1 Å². The van der Waals surface area contributed by atoms with Gasteiger partial charge in [-0.15, -0.1) is 11.8 Å². The third-order valence-corrected chi connectivity index (χ3v) is 7.01. The summed E-state index contributed by atoms with van der Waals surface area (Å²) in [6.07, 6.45) is 2.23. The Bertz CT molecular complexity index is 1110. The first kappa shape index (κ1) is 28.3. The quantitative estimate of drug-likeness (QED) is 0.279. The molecule has 0 spiro atoms. The van der Waals surface area contributed by atoms with Crippen molar-refractivity contribution in [1.29, 1.82) is 0 Å². The molecule has 0 aliphatic rings. The Kier molecular flexibility index (Phi) is 11.5. The average Bonchev–Trinajstić information content (AvgIpc) is 2.92. The summed E-state index contributed by atoms with van der Waals surface area (Å²) < 4.78 is 18.8. The van der Waals surface area contributed by atoms with Crippen LogP contribution in [-0.2, 0) is 28.3 Å². The van der Waals surface area contributed by atoms with E-state index in [1.165, 1.54) is 23.9 Å². The highest BCUT2D eigenvalue weighted by atomic mass is 32.2. The number of unbranched alkanes of at least 4 members (excludes halogenated alkanes) is 1. The molecule has 2 amide bonds. The number of rotatable bonds is 14. The minimum Gasteiger partial charge on any atom is -0.497 e. The Morgan fingerprint density at radius 1 is 0.946 bits per heavy atom. The van der Waals surface area contributed by atoms with E-state index in [4.69, 9.17) is 4.74 Å². The second-order valence-corrected chi connectivity index (χ2v) is 9.82. The number of nitrogens with one attached hydrogen (secondary N) is 1. The van der Waals surface area contributed by atoms with Gasteiger partial charge >= 0.3 is 0 Å². The molecule has 0 bridgehead atoms. The number of carbonyl (C=O) groups is 2. The van der Waals surface area contributed by atoms with Gasteiger partial charge in [-0.3, -0.25) is 9.59 Å². The molecule has 0 aliphatic carbocycles. The first-order valence-electron chi connectivity index (χ1n) is 12.6. The van der Waals surface area contributed by atoms with E-state index in [0.717, 1.165) is 35.3 Å². The number of carbonyl (C=O) groups excluding carboxylic acids is 2. The Morgan fingerprint density at radius 3 is 2.27 bits per heavy atom. The van der Waals surface area contributed by atoms with E-state index in [9.17, 15) is 14.0 Å². The zero-order valence-corrected chi connectivity index (χ0v) is 22.3. The van der Waals surface area contributed by atoms with Crippen LogP contribution in [0.3, 0.4) is 0 Å². The summed E-state index contributed by atoms with van der Waals surface area (Å²) in [6.45, 7) is 2.85. The zero-order chi connectivity index (χ0) is 26.5. The fourth-order valence-electron chi connectivity index (χ4n) is 3.91. The summed E-state index contributed by atoms with van der Waals surface area (Å²) in [5.74, 6) is 1.03. The zero-order valence-electron chi connectivity index (χ0n) is 21.5. The minimum atomic E-state index is -0.682. The molecule has 196 valence electrons. The van der Waals surface area contributed by atoms with Gasteiger partial charge in [0.2, 0.25) is 11.8 Å². The molecule has 0 aliphatic heterocycles. The maximum Gasteiger partial charge on any atom is 0.243 e. The molecular weight excluding hydrogens is 487 g/mol. The van der Waals surface area contributed by atoms with E-state index >= 15 is 0 Å². The van der Waals surface area contributed by atoms with Crippen molar-refractivity contribution in [3.8, 4) is 5.75 Å². The first-order valence-corrected chi connectivity index (χ1v) is 13.7. The van der Waals surface area contributed by atoms with Crippen molar-refractivity contribution in [1.82, 2.24) is 10.2 Å². The summed E-state index contributed by atoms with van der Waals surface area (Å²) in [5.41, 5.74) is 2.83. The molecule has 1 atom stereocenters. The molecule has 0 saturated heterocycles. The monoisotopic (exact) mass is 522 g/mol. The maximum absolute atomic E-state index is 13.6. The largest absolute Gasteiger partial charge is 0.497 e. The van der Waals surface area contributed by atoms with Crippen molar-refractivity contribution in [2.45, 2.75) is 44.5 Å². The van der Waals surface area contributed by atoms with Gasteiger partial charge in [0.15, 0.2) is 0 Å². The van der Waals surface area contributed by atoms with E-state index in [1.807, 2.05) is 54.6 Å². The molecule has 0 saturated carbocycles. The lowest BCUT2D eigenvalue weighted by Crippen LogP contribution is -2.51. The van der Waals surface area contributed by atoms with Gasteiger partial charge < -0.3 is 15.0 Å². The van der Waals surface area contributed by atoms with Gasteiger partial charge in [0, 0.05) is 25.3 Å². The highest BCUT2D eigenvalue weighted by Crippen LogP contribution is 2.20. The molecule has 0 heterocycles. The van der Waals surface area contributed by atoms with Crippen LogP contribution < -0.4 is 10.1 Å². The molecule has 0 aromatic heterocycles. The summed E-state index contributed by atoms with van der Waals surface area (Å²) in [4.78, 5) is 28.6. The SMILES string of the molecule is CCCCNC(=O)[C@H](Cc1ccccc1)N(Cc1ccc(F)cc1)C(=O)CSCc1ccc(OC)cc1. The first-order chi connectivity index (χ1) is 18.0. The molecule has 0 radical (unpaired) electrons. The lowest BCUT2D eigenvalue weighted by Gasteiger charge is -2.31. The Hall–Kier alpha value is -3.32. The minimum absolute atomic E-state index is 0.130. The number of hydrogen-bond donors (Lipinski definition) is 1. The van der Waals surface area contributed by atoms with Gasteiger partial charge in [-0.25, -0.2) is 4.39 Å². The van der Waals surface area contributed by atoms with E-state index in [0.29, 0.717) is 18.7 Å². The molecule has 0 unspecified atom stereocenters. The van der Waals surface area contributed by atoms with Crippen molar-refractivity contribution >= 4 is 23.6 Å². The number of hydrogen-bond acceptors (Lipinski definition) is 4. The van der Waals surface area contributed by atoms with Gasteiger partial charge in [-0.1, -0.05) is 67.9 Å². The van der Waals surface area contributed by atoms with Gasteiger partial charge in [-0.2, -0.15) is 0 Å². The second kappa shape index (κ2) is 15.1. The fraction of sp³-hybridized carbons (Fsp3) is 0.333. The number of amides is 2. The van der Waals surface area contributed by atoms with Crippen molar-refractivity contribution in [3.05, 3.63) is 101 Å². The van der Waals surface area contributed by atoms with Crippen molar-refractivity contribution in [2.24, 2.45) is 0 Å². The van der Waals surface area contributed by atoms with Crippen LogP contribution >= 0.6 is 11.8 Å². The molecule has 1 N–H and O–H groups in total. The molecule has 3 aromatic carbocycles. The molecule has 7 heteroatoms. The van der Waals surface area contributed by atoms with Crippen LogP contribution in [0.5, 0.6) is 5.75 Å². The van der Waals surface area contributed by atoms with Gasteiger partial charge in [0.05, 0.1) is 12.9 Å². The molecule has 37 heavy (non-hydrogen) atoms. The highest BCUT2D eigenvalue weighted by Gasteiger charge is 2.30. The van der Waals surface area contributed by atoms with E-state index in [2.05, 4.69) is 12.2 Å². The second-order valence-electron chi connectivity index (χ2n) is 8.84. The smallest absolute Gasteiger partial charge is 0.243 e. The van der Waals surface area contributed by atoms with Crippen molar-refractivity contribution < 1.29 is 18.7 Å². The van der Waals surface area contributed by atoms with Crippen molar-refractivity contribution in [3.63, 3.8) is 0 Å². The molecular formula is C30H35FN2O3S. The van der Waals surface area contributed by atoms with Crippen LogP contribution in [0.1, 0.15) is 36.5 Å². The lowest BCUT2D eigenvalue weighted by atomic mass is 10.0. The van der Waals surface area contributed by atoms with Gasteiger partial charge in [0.1, 0.15) is 17.6 Å². The van der Waals surface area contributed by atoms with Crippen LogP contribution in [0.15, 0.2) is 78.9 Å². The van der Waals surface area contributed by atoms with Gasteiger partial charge in [0.25, 0.3) is 0 Å². The summed E-state index contributed by atoms with van der Waals surface area (Å²) >= 11 is 1.50. The van der Waals surface area contributed by atoms with Crippen LogP contribution in [0, 0.1) is 5.82 Å². The predicted molar refractivity (Wildman–Crippen MR) is 148 cm³/mol. The summed E-state index contributed by atoms with van der Waals surface area (Å²) in [7, 11) is 1.63. The number of methoxy groups -OCH3 is 1. The third-order valence-electron chi connectivity index (χ3n) is 6.02. The van der Waals surface area contributed by atoms with Gasteiger partial charge in [-0.05, 0) is 47.4 Å². The fourth-order valence-corrected chi connectivity index (χ4v) is 4.78. The Labute approximate surface area is 223 Å². The van der Waals surface area contributed by atoms with E-state index in [-0.39, 0.29) is 29.9 Å². The normalized spacial score (nSPS) is 11.5. The number of nitrogens with zero attached hydrogens (tertiary/aromatic N) is 1. The average molecular weight is 523 g/mol. The summed E-state index contributed by atoms with van der Waals surface area (Å²) in [6, 6.07) is 22.9. The molecule has 3 rings (SSSR count). The lowest BCUT2D eigenvalue weighted by molar-refractivity contribution is -0.139. The van der Waals surface area contributed by atoms with Crippen LogP contribution in [0.4, 0.5) is 4.39 Å². The summed E-state index contributed by atoms with van der Waals surface area (Å²) in [5, 5.41) is 3.02. The third kappa shape index (κ3) is 9.25. The Balaban J connectivity index is 1.80. The number of ether oxygens (including phenoxy) is 1. The topological polar surface area (TPSA) is 58.6 Å². The molecule has 0 fully saturated rings. The van der Waals surface area contributed by atoms with Crippen LogP contribution in [0.2, 0.25) is 0 Å². The number of halogens is 1. The Morgan fingerprint density at radius 2 is 1.62 bits per heavy atom. The number of benzene rings is 3. The molecule has 3 aromatic rings. The van der Waals surface area contributed by atoms with E-state index < -0.39 is 6.04 Å². The highest BCUT2D eigenvalue weighted by molar-refractivity contribution is 7.99. The van der Waals surface area contributed by atoms with Crippen LogP contribution in [-0.4, -0.2) is 42.2 Å². The number of thioether (sulfide) groups is 1. The van der Waals surface area contributed by atoms with Crippen LogP contribution in [0.25, 0.3) is 0 Å². The molecule has 5 nitrogen and oxygen atoms in total. The standard InChI is InChI=1S/C30H35FN2O3S/c1-3-4-18-32-30(35)28(19-23-8-6-5-7-9-23)33(20-24-10-14-26(31)15-11-24)29(34)22-37-21-25-12-16-27(36-2)17-13-25/h5-17,28H,3-4,18-22H2,1-2H3,(H,32,35)/t28-/m0/s1. The predicted octanol–water partition coefficient (Wildman–Crippen LogP) is 5.62. The van der Waals surface area contributed by atoms with Crippen molar-refractivity contribution in [2.75, 3.05) is 19.4 Å². The maximum atomic E-state index is 13.6.